The highest BCUT2D eigenvalue weighted by molar-refractivity contribution is 7.89. The van der Waals surface area contributed by atoms with Crippen molar-refractivity contribution < 1.29 is 41.0 Å². The summed E-state index contributed by atoms with van der Waals surface area (Å²) < 4.78 is 65.4. The van der Waals surface area contributed by atoms with Crippen LogP contribution in [0.1, 0.15) is 23.5 Å². The molecule has 9 nitrogen and oxygen atoms in total. The number of carboxylic acids is 1. The van der Waals surface area contributed by atoms with E-state index in [9.17, 15) is 26.4 Å². The van der Waals surface area contributed by atoms with Crippen molar-refractivity contribution in [3.8, 4) is 5.75 Å². The largest absolute Gasteiger partial charge is 0.497 e. The van der Waals surface area contributed by atoms with Crippen LogP contribution in [-0.4, -0.2) is 64.4 Å². The van der Waals surface area contributed by atoms with Gasteiger partial charge in [-0.3, -0.25) is 4.79 Å². The third-order valence-corrected chi connectivity index (χ3v) is 8.04. The molecule has 3 aromatic rings. The Labute approximate surface area is 242 Å². The minimum atomic E-state index is -5.08. The molecule has 4 N–H and O–H groups in total. The summed E-state index contributed by atoms with van der Waals surface area (Å²) in [6.07, 6.45) is -4.66. The van der Waals surface area contributed by atoms with Gasteiger partial charge in [0.1, 0.15) is 5.75 Å². The van der Waals surface area contributed by atoms with Gasteiger partial charge in [-0.1, -0.05) is 66.7 Å². The molecular formula is C29H32F3N3O6S. The van der Waals surface area contributed by atoms with Crippen LogP contribution in [0.15, 0.2) is 89.8 Å². The minimum absolute atomic E-state index is 0.0280. The lowest BCUT2D eigenvalue weighted by atomic mass is 9.90. The molecule has 1 heterocycles. The number of hydrogen-bond acceptors (Lipinski definition) is 6. The number of halogens is 3. The zero-order valence-corrected chi connectivity index (χ0v) is 23.5. The number of rotatable bonds is 9. The highest BCUT2D eigenvalue weighted by Crippen LogP contribution is 2.24. The molecule has 2 atom stereocenters. The Hall–Kier alpha value is -3.94. The van der Waals surface area contributed by atoms with E-state index >= 15 is 0 Å². The Kier molecular flexibility index (Phi) is 11.5. The molecule has 1 aliphatic rings. The van der Waals surface area contributed by atoms with E-state index in [2.05, 4.69) is 39.6 Å². The van der Waals surface area contributed by atoms with Gasteiger partial charge in [0.15, 0.2) is 0 Å². The van der Waals surface area contributed by atoms with E-state index in [1.807, 2.05) is 36.4 Å². The maximum atomic E-state index is 13.1. The van der Waals surface area contributed by atoms with Gasteiger partial charge in [0.25, 0.3) is 0 Å². The summed E-state index contributed by atoms with van der Waals surface area (Å²) in [5, 5.41) is 13.4. The van der Waals surface area contributed by atoms with Crippen LogP contribution < -0.4 is 20.1 Å². The van der Waals surface area contributed by atoms with Gasteiger partial charge in [-0.2, -0.15) is 13.2 Å². The second-order valence-corrected chi connectivity index (χ2v) is 11.2. The molecule has 0 unspecified atom stereocenters. The van der Waals surface area contributed by atoms with Crippen molar-refractivity contribution in [1.29, 1.82) is 0 Å². The summed E-state index contributed by atoms with van der Waals surface area (Å²) in [5.41, 5.74) is 2.26. The number of alkyl halides is 3. The SMILES string of the molecule is COc1cccc(S(=O)(=O)N[C@H]2CNC[C@@H](C(=O)NCC(c3ccccc3)c3ccccc3)C2)c1.O=C(O)C(F)(F)F. The van der Waals surface area contributed by atoms with Crippen molar-refractivity contribution in [3.63, 3.8) is 0 Å². The highest BCUT2D eigenvalue weighted by Gasteiger charge is 2.38. The molecule has 3 aromatic carbocycles. The van der Waals surface area contributed by atoms with Crippen LogP contribution in [0.5, 0.6) is 5.75 Å². The number of carbonyl (C=O) groups is 2. The van der Waals surface area contributed by atoms with E-state index in [0.29, 0.717) is 31.8 Å². The van der Waals surface area contributed by atoms with Crippen molar-refractivity contribution >= 4 is 21.9 Å². The highest BCUT2D eigenvalue weighted by atomic mass is 32.2. The lowest BCUT2D eigenvalue weighted by Crippen LogP contribution is -2.52. The van der Waals surface area contributed by atoms with E-state index < -0.39 is 28.2 Å². The number of aliphatic carboxylic acids is 1. The predicted octanol–water partition coefficient (Wildman–Crippen LogP) is 3.53. The number of piperidine rings is 1. The average molecular weight is 608 g/mol. The van der Waals surface area contributed by atoms with Crippen LogP contribution in [0.2, 0.25) is 0 Å². The second kappa shape index (κ2) is 14.8. The number of hydrogen-bond donors (Lipinski definition) is 4. The van der Waals surface area contributed by atoms with E-state index in [0.717, 1.165) is 11.1 Å². The van der Waals surface area contributed by atoms with Crippen molar-refractivity contribution in [2.24, 2.45) is 5.92 Å². The van der Waals surface area contributed by atoms with Gasteiger partial charge in [-0.15, -0.1) is 0 Å². The molecule has 13 heteroatoms. The lowest BCUT2D eigenvalue weighted by Gasteiger charge is -2.30. The molecule has 0 saturated carbocycles. The van der Waals surface area contributed by atoms with Crippen molar-refractivity contribution in [1.82, 2.24) is 15.4 Å². The number of sulfonamides is 1. The molecular weight excluding hydrogens is 575 g/mol. The quantitative estimate of drug-likeness (QED) is 0.293. The second-order valence-electron chi connectivity index (χ2n) is 9.51. The Bertz CT molecular complexity index is 1380. The monoisotopic (exact) mass is 607 g/mol. The fraction of sp³-hybridized carbons (Fsp3) is 0.310. The third-order valence-electron chi connectivity index (χ3n) is 6.52. The summed E-state index contributed by atoms with van der Waals surface area (Å²) in [6.45, 7) is 1.43. The molecule has 4 rings (SSSR count). The first kappa shape index (κ1) is 32.6. The van der Waals surface area contributed by atoms with Crippen molar-refractivity contribution in [2.75, 3.05) is 26.7 Å². The number of carboxylic acid groups (broad SMARTS) is 1. The number of carbonyl (C=O) groups excluding carboxylic acids is 1. The van der Waals surface area contributed by atoms with Gasteiger partial charge in [0, 0.05) is 37.7 Å². The molecule has 1 aliphatic heterocycles. The first-order valence-corrected chi connectivity index (χ1v) is 14.4. The van der Waals surface area contributed by atoms with Crippen molar-refractivity contribution in [2.45, 2.75) is 29.5 Å². The number of amides is 1. The molecule has 0 radical (unpaired) electrons. The molecule has 42 heavy (non-hydrogen) atoms. The smallest absolute Gasteiger partial charge is 0.490 e. The fourth-order valence-corrected chi connectivity index (χ4v) is 5.72. The normalized spacial score (nSPS) is 17.1. The van der Waals surface area contributed by atoms with Gasteiger partial charge in [0.2, 0.25) is 15.9 Å². The molecule has 0 spiro atoms. The first-order chi connectivity index (χ1) is 19.9. The van der Waals surface area contributed by atoms with Crippen LogP contribution >= 0.6 is 0 Å². The van der Waals surface area contributed by atoms with Crippen LogP contribution in [-0.2, 0) is 19.6 Å². The first-order valence-electron chi connectivity index (χ1n) is 13.0. The Morgan fingerprint density at radius 1 is 0.976 bits per heavy atom. The molecule has 1 saturated heterocycles. The summed E-state index contributed by atoms with van der Waals surface area (Å²) in [6, 6.07) is 26.1. The maximum absolute atomic E-state index is 13.1. The molecule has 1 fully saturated rings. The predicted molar refractivity (Wildman–Crippen MR) is 150 cm³/mol. The minimum Gasteiger partial charge on any atom is -0.497 e. The van der Waals surface area contributed by atoms with Gasteiger partial charge >= 0.3 is 12.1 Å². The van der Waals surface area contributed by atoms with E-state index in [-0.39, 0.29) is 22.6 Å². The molecule has 226 valence electrons. The zero-order chi connectivity index (χ0) is 30.8. The Morgan fingerprint density at radius 3 is 2.07 bits per heavy atom. The summed E-state index contributed by atoms with van der Waals surface area (Å²) in [4.78, 5) is 22.1. The van der Waals surface area contributed by atoms with Gasteiger partial charge in [-0.25, -0.2) is 17.9 Å². The Morgan fingerprint density at radius 2 is 1.55 bits per heavy atom. The summed E-state index contributed by atoms with van der Waals surface area (Å²) >= 11 is 0. The maximum Gasteiger partial charge on any atom is 0.490 e. The molecule has 0 bridgehead atoms. The van der Waals surface area contributed by atoms with Crippen molar-refractivity contribution in [3.05, 3.63) is 96.1 Å². The average Bonchev–Trinajstić information content (AvgIpc) is 2.98. The van der Waals surface area contributed by atoms with Gasteiger partial charge < -0.3 is 20.5 Å². The topological polar surface area (TPSA) is 134 Å². The molecule has 0 aliphatic carbocycles. The number of nitrogens with one attached hydrogen (secondary N) is 3. The number of benzene rings is 3. The van der Waals surface area contributed by atoms with E-state index in [1.165, 1.54) is 19.2 Å². The molecule has 0 aromatic heterocycles. The fourth-order valence-electron chi connectivity index (χ4n) is 4.43. The Balaban J connectivity index is 0.000000616. The van der Waals surface area contributed by atoms with Gasteiger partial charge in [-0.05, 0) is 29.7 Å². The summed E-state index contributed by atoms with van der Waals surface area (Å²) in [5.74, 6) is -2.68. The summed E-state index contributed by atoms with van der Waals surface area (Å²) in [7, 11) is -2.25. The van der Waals surface area contributed by atoms with Crippen LogP contribution in [0.4, 0.5) is 13.2 Å². The van der Waals surface area contributed by atoms with Crippen LogP contribution in [0.3, 0.4) is 0 Å². The van der Waals surface area contributed by atoms with E-state index in [1.54, 1.807) is 12.1 Å². The molecule has 1 amide bonds. The zero-order valence-electron chi connectivity index (χ0n) is 22.7. The van der Waals surface area contributed by atoms with E-state index in [4.69, 9.17) is 14.6 Å². The third kappa shape index (κ3) is 9.57. The number of methoxy groups -OCH3 is 1. The van der Waals surface area contributed by atoms with Crippen LogP contribution in [0.25, 0.3) is 0 Å². The standard InChI is InChI=1S/C27H31N3O4S.C2HF3O2/c1-34-24-13-8-14-25(16-24)35(32,33)30-23-15-22(17-28-18-23)27(31)29-19-26(20-9-4-2-5-10-20)21-11-6-3-7-12-21;3-2(4,5)1(6)7/h2-14,16,22-23,26,28,30H,15,17-19H2,1H3,(H,29,31);(H,6,7)/t22-,23+;/m0./s1. The number of ether oxygens (including phenoxy) is 1. The van der Waals surface area contributed by atoms with Gasteiger partial charge in [0.05, 0.1) is 17.9 Å². The lowest BCUT2D eigenvalue weighted by molar-refractivity contribution is -0.192. The van der Waals surface area contributed by atoms with Crippen LogP contribution in [0, 0.1) is 5.92 Å².